The van der Waals surface area contributed by atoms with Crippen molar-refractivity contribution in [3.05, 3.63) is 0 Å². The fraction of sp³-hybridized carbons (Fsp3) is 1.00. The standard InChI is InChI=1S/C9H16O/c10-9-5-7-3-1-2-4-8(7)6-9/h7-10H,1-6H2/t7-,8+,9?. The van der Waals surface area contributed by atoms with E-state index in [4.69, 9.17) is 0 Å². The second kappa shape index (κ2) is 2.54. The van der Waals surface area contributed by atoms with E-state index >= 15 is 0 Å². The first-order chi connectivity index (χ1) is 4.86. The molecular formula is C9H16O. The quantitative estimate of drug-likeness (QED) is 0.545. The average Bonchev–Trinajstić information content (AvgIpc) is 2.27. The first kappa shape index (κ1) is 6.66. The van der Waals surface area contributed by atoms with Gasteiger partial charge in [0.1, 0.15) is 0 Å². The summed E-state index contributed by atoms with van der Waals surface area (Å²) in [6, 6.07) is 0. The summed E-state index contributed by atoms with van der Waals surface area (Å²) in [7, 11) is 0. The molecule has 1 heteroatoms. The molecule has 0 saturated heterocycles. The van der Waals surface area contributed by atoms with E-state index in [1.54, 1.807) is 0 Å². The number of hydrogen-bond donors (Lipinski definition) is 1. The minimum atomic E-state index is 0.0492. The summed E-state index contributed by atoms with van der Waals surface area (Å²) in [6.07, 6.45) is 7.86. The first-order valence-electron chi connectivity index (χ1n) is 4.54. The molecule has 2 saturated carbocycles. The molecule has 0 aromatic rings. The van der Waals surface area contributed by atoms with Gasteiger partial charge in [-0.05, 0) is 24.7 Å². The minimum Gasteiger partial charge on any atom is -0.393 e. The van der Waals surface area contributed by atoms with Crippen LogP contribution in [0.4, 0.5) is 0 Å². The zero-order valence-corrected chi connectivity index (χ0v) is 6.42. The lowest BCUT2D eigenvalue weighted by atomic mass is 9.82. The minimum absolute atomic E-state index is 0.0492. The molecule has 0 bridgehead atoms. The van der Waals surface area contributed by atoms with Gasteiger partial charge in [-0.25, -0.2) is 0 Å². The SMILES string of the molecule is OC1C[C@H]2CCCC[C@H]2C1. The molecule has 1 unspecified atom stereocenters. The highest BCUT2D eigenvalue weighted by atomic mass is 16.3. The summed E-state index contributed by atoms with van der Waals surface area (Å²) in [6.45, 7) is 0. The van der Waals surface area contributed by atoms with Crippen molar-refractivity contribution in [2.45, 2.75) is 44.6 Å². The molecule has 3 atom stereocenters. The Kier molecular flexibility index (Phi) is 1.69. The average molecular weight is 140 g/mol. The summed E-state index contributed by atoms with van der Waals surface area (Å²) >= 11 is 0. The molecule has 2 aliphatic rings. The molecule has 0 radical (unpaired) electrons. The lowest BCUT2D eigenvalue weighted by Gasteiger charge is -2.23. The second-order valence-corrected chi connectivity index (χ2v) is 3.93. The first-order valence-corrected chi connectivity index (χ1v) is 4.54. The molecule has 0 aliphatic heterocycles. The molecule has 2 rings (SSSR count). The number of aliphatic hydroxyl groups is 1. The summed E-state index contributed by atoms with van der Waals surface area (Å²) < 4.78 is 0. The van der Waals surface area contributed by atoms with E-state index in [9.17, 15) is 5.11 Å². The van der Waals surface area contributed by atoms with Crippen LogP contribution >= 0.6 is 0 Å². The van der Waals surface area contributed by atoms with E-state index in [0.29, 0.717) is 0 Å². The molecule has 1 nitrogen and oxygen atoms in total. The Morgan fingerprint density at radius 3 is 1.90 bits per heavy atom. The van der Waals surface area contributed by atoms with Gasteiger partial charge in [-0.15, -0.1) is 0 Å². The number of fused-ring (bicyclic) bond motifs is 1. The van der Waals surface area contributed by atoms with E-state index in [2.05, 4.69) is 0 Å². The highest BCUT2D eigenvalue weighted by Crippen LogP contribution is 2.41. The largest absolute Gasteiger partial charge is 0.393 e. The van der Waals surface area contributed by atoms with Crippen molar-refractivity contribution in [1.29, 1.82) is 0 Å². The maximum absolute atomic E-state index is 9.36. The Bertz CT molecular complexity index is 108. The van der Waals surface area contributed by atoms with Crippen molar-refractivity contribution < 1.29 is 5.11 Å². The fourth-order valence-electron chi connectivity index (χ4n) is 2.70. The van der Waals surface area contributed by atoms with Crippen LogP contribution in [0.25, 0.3) is 0 Å². The predicted octanol–water partition coefficient (Wildman–Crippen LogP) is 1.95. The molecule has 0 aromatic heterocycles. The highest BCUT2D eigenvalue weighted by molar-refractivity contribution is 4.85. The van der Waals surface area contributed by atoms with Crippen molar-refractivity contribution in [2.24, 2.45) is 11.8 Å². The molecule has 0 aromatic carbocycles. The smallest absolute Gasteiger partial charge is 0.0545 e. The zero-order chi connectivity index (χ0) is 6.97. The Labute approximate surface area is 62.4 Å². The van der Waals surface area contributed by atoms with Crippen molar-refractivity contribution in [3.8, 4) is 0 Å². The van der Waals surface area contributed by atoms with Gasteiger partial charge in [-0.1, -0.05) is 25.7 Å². The monoisotopic (exact) mass is 140 g/mol. The molecule has 2 aliphatic carbocycles. The van der Waals surface area contributed by atoms with Crippen LogP contribution in [0, 0.1) is 11.8 Å². The van der Waals surface area contributed by atoms with Crippen LogP contribution in [0.5, 0.6) is 0 Å². The molecule has 58 valence electrons. The number of hydrogen-bond acceptors (Lipinski definition) is 1. The number of rotatable bonds is 0. The maximum atomic E-state index is 9.36. The molecular weight excluding hydrogens is 124 g/mol. The van der Waals surface area contributed by atoms with Crippen LogP contribution in [-0.4, -0.2) is 11.2 Å². The summed E-state index contributed by atoms with van der Waals surface area (Å²) in [5.41, 5.74) is 0. The Hall–Kier alpha value is -0.0400. The molecule has 1 N–H and O–H groups in total. The van der Waals surface area contributed by atoms with Crippen LogP contribution in [-0.2, 0) is 0 Å². The third-order valence-corrected chi connectivity index (χ3v) is 3.22. The molecule has 0 heterocycles. The maximum Gasteiger partial charge on any atom is 0.0545 e. The van der Waals surface area contributed by atoms with Gasteiger partial charge < -0.3 is 5.11 Å². The van der Waals surface area contributed by atoms with Gasteiger partial charge in [0.25, 0.3) is 0 Å². The van der Waals surface area contributed by atoms with Crippen molar-refractivity contribution in [2.75, 3.05) is 0 Å². The van der Waals surface area contributed by atoms with Crippen LogP contribution in [0.3, 0.4) is 0 Å². The lowest BCUT2D eigenvalue weighted by molar-refractivity contribution is 0.175. The third kappa shape index (κ3) is 1.07. The summed E-state index contributed by atoms with van der Waals surface area (Å²) in [5.74, 6) is 1.78. The summed E-state index contributed by atoms with van der Waals surface area (Å²) in [4.78, 5) is 0. The van der Waals surface area contributed by atoms with Gasteiger partial charge in [0, 0.05) is 0 Å². The van der Waals surface area contributed by atoms with Gasteiger partial charge in [0.05, 0.1) is 6.10 Å². The van der Waals surface area contributed by atoms with Crippen molar-refractivity contribution in [1.82, 2.24) is 0 Å². The molecule has 0 spiro atoms. The van der Waals surface area contributed by atoms with Gasteiger partial charge in [0.2, 0.25) is 0 Å². The Morgan fingerprint density at radius 1 is 0.900 bits per heavy atom. The van der Waals surface area contributed by atoms with E-state index in [-0.39, 0.29) is 6.10 Å². The van der Waals surface area contributed by atoms with Gasteiger partial charge >= 0.3 is 0 Å². The van der Waals surface area contributed by atoms with Crippen molar-refractivity contribution in [3.63, 3.8) is 0 Å². The molecule has 2 fully saturated rings. The lowest BCUT2D eigenvalue weighted by Crippen LogP contribution is -2.12. The second-order valence-electron chi connectivity index (χ2n) is 3.93. The van der Waals surface area contributed by atoms with E-state index in [1.165, 1.54) is 25.7 Å². The highest BCUT2D eigenvalue weighted by Gasteiger charge is 2.34. The van der Waals surface area contributed by atoms with Crippen LogP contribution in [0.15, 0.2) is 0 Å². The van der Waals surface area contributed by atoms with E-state index in [0.717, 1.165) is 24.7 Å². The summed E-state index contributed by atoms with van der Waals surface area (Å²) in [5, 5.41) is 9.36. The van der Waals surface area contributed by atoms with Crippen LogP contribution in [0.2, 0.25) is 0 Å². The molecule has 10 heavy (non-hydrogen) atoms. The topological polar surface area (TPSA) is 20.2 Å². The fourth-order valence-corrected chi connectivity index (χ4v) is 2.70. The Balaban J connectivity index is 1.97. The van der Waals surface area contributed by atoms with E-state index < -0.39 is 0 Å². The van der Waals surface area contributed by atoms with Gasteiger partial charge in [-0.3, -0.25) is 0 Å². The number of aliphatic hydroxyl groups excluding tert-OH is 1. The Morgan fingerprint density at radius 2 is 1.40 bits per heavy atom. The van der Waals surface area contributed by atoms with Crippen molar-refractivity contribution >= 4 is 0 Å². The zero-order valence-electron chi connectivity index (χ0n) is 6.42. The van der Waals surface area contributed by atoms with Gasteiger partial charge in [0.15, 0.2) is 0 Å². The predicted molar refractivity (Wildman–Crippen MR) is 40.7 cm³/mol. The normalized spacial score (nSPS) is 47.1. The van der Waals surface area contributed by atoms with Gasteiger partial charge in [-0.2, -0.15) is 0 Å². The van der Waals surface area contributed by atoms with Crippen LogP contribution < -0.4 is 0 Å². The third-order valence-electron chi connectivity index (χ3n) is 3.22. The van der Waals surface area contributed by atoms with E-state index in [1.807, 2.05) is 0 Å². The van der Waals surface area contributed by atoms with Crippen LogP contribution in [0.1, 0.15) is 38.5 Å². The molecule has 0 amide bonds.